The van der Waals surface area contributed by atoms with Crippen molar-refractivity contribution in [3.63, 3.8) is 0 Å². The Hall–Kier alpha value is -3.65. The number of hydrogen-bond acceptors (Lipinski definition) is 5. The number of nitrogens with zero attached hydrogens (tertiary/aromatic N) is 3. The fourth-order valence-corrected chi connectivity index (χ4v) is 4.01. The van der Waals surface area contributed by atoms with Gasteiger partial charge in [-0.1, -0.05) is 17.7 Å². The Bertz CT molecular complexity index is 1340. The van der Waals surface area contributed by atoms with Crippen molar-refractivity contribution in [3.8, 4) is 17.0 Å². The molecule has 0 radical (unpaired) electrons. The Morgan fingerprint density at radius 1 is 1.21 bits per heavy atom. The summed E-state index contributed by atoms with van der Waals surface area (Å²) in [6.07, 6.45) is 1.44. The number of ether oxygens (including phenoxy) is 1. The highest BCUT2D eigenvalue weighted by Crippen LogP contribution is 2.29. The van der Waals surface area contributed by atoms with E-state index in [1.165, 1.54) is 24.5 Å². The standard InChI is InChI=1S/C24H22ClFN4O3/c1-3-33-22-9-15(4-5-17(22)24(31)32)20-12-23(29-13-28-20)27-6-7-30-14(2)8-18-19(25)10-16(26)11-21(18)30/h4-5,8-13H,3,6-7H2,1-2H3,(H,31,32)(H,27,28,29). The molecule has 0 bridgehead atoms. The number of aromatic carboxylic acids is 1. The number of hydrogen-bond donors (Lipinski definition) is 2. The van der Waals surface area contributed by atoms with E-state index in [9.17, 15) is 14.3 Å². The molecule has 9 heteroatoms. The van der Waals surface area contributed by atoms with Crippen molar-refractivity contribution in [1.82, 2.24) is 14.5 Å². The number of fused-ring (bicyclic) bond motifs is 1. The Morgan fingerprint density at radius 3 is 2.79 bits per heavy atom. The predicted octanol–water partition coefficient (Wildman–Crippen LogP) is 5.41. The molecule has 7 nitrogen and oxygen atoms in total. The summed E-state index contributed by atoms with van der Waals surface area (Å²) in [6.45, 7) is 5.22. The number of carbonyl (C=O) groups is 1. The lowest BCUT2D eigenvalue weighted by molar-refractivity contribution is 0.0692. The van der Waals surface area contributed by atoms with Crippen LogP contribution in [-0.4, -0.2) is 38.8 Å². The van der Waals surface area contributed by atoms with Crippen LogP contribution >= 0.6 is 11.6 Å². The lowest BCUT2D eigenvalue weighted by Crippen LogP contribution is -2.12. The van der Waals surface area contributed by atoms with Gasteiger partial charge in [-0.15, -0.1) is 0 Å². The quantitative estimate of drug-likeness (QED) is 0.359. The van der Waals surface area contributed by atoms with Crippen LogP contribution in [0.1, 0.15) is 23.0 Å². The molecule has 2 aromatic carbocycles. The van der Waals surface area contributed by atoms with E-state index in [4.69, 9.17) is 16.3 Å². The van der Waals surface area contributed by atoms with E-state index >= 15 is 0 Å². The van der Waals surface area contributed by atoms with Gasteiger partial charge in [-0.25, -0.2) is 19.2 Å². The summed E-state index contributed by atoms with van der Waals surface area (Å²) in [4.78, 5) is 20.0. The average Bonchev–Trinajstić information content (AvgIpc) is 3.10. The molecule has 4 rings (SSSR count). The number of nitrogens with one attached hydrogen (secondary N) is 1. The number of aryl methyl sites for hydroxylation is 1. The van der Waals surface area contributed by atoms with Crippen molar-refractivity contribution in [2.75, 3.05) is 18.5 Å². The first kappa shape index (κ1) is 22.5. The Morgan fingerprint density at radius 2 is 2.03 bits per heavy atom. The topological polar surface area (TPSA) is 89.3 Å². The third kappa shape index (κ3) is 4.75. The summed E-state index contributed by atoms with van der Waals surface area (Å²) in [6, 6.07) is 11.4. The van der Waals surface area contributed by atoms with Gasteiger partial charge >= 0.3 is 5.97 Å². The van der Waals surface area contributed by atoms with E-state index in [0.29, 0.717) is 41.8 Å². The molecule has 2 N–H and O–H groups in total. The van der Waals surface area contributed by atoms with E-state index in [2.05, 4.69) is 15.3 Å². The third-order valence-electron chi connectivity index (χ3n) is 5.26. The summed E-state index contributed by atoms with van der Waals surface area (Å²) < 4.78 is 21.3. The fraction of sp³-hybridized carbons (Fsp3) is 0.208. The van der Waals surface area contributed by atoms with Gasteiger partial charge < -0.3 is 19.7 Å². The van der Waals surface area contributed by atoms with Gasteiger partial charge in [0, 0.05) is 35.8 Å². The fourth-order valence-electron chi connectivity index (χ4n) is 3.75. The first-order chi connectivity index (χ1) is 15.9. The van der Waals surface area contributed by atoms with Crippen LogP contribution in [0.5, 0.6) is 5.75 Å². The molecule has 0 atom stereocenters. The molecular formula is C24H22ClFN4O3. The van der Waals surface area contributed by atoms with Crippen molar-refractivity contribution in [1.29, 1.82) is 0 Å². The zero-order chi connectivity index (χ0) is 23.5. The number of anilines is 1. The Kier molecular flexibility index (Phi) is 6.46. The van der Waals surface area contributed by atoms with E-state index in [1.807, 2.05) is 17.6 Å². The summed E-state index contributed by atoms with van der Waals surface area (Å²) in [5, 5.41) is 13.8. The van der Waals surface area contributed by atoms with Crippen molar-refractivity contribution in [2.45, 2.75) is 20.4 Å². The van der Waals surface area contributed by atoms with Crippen molar-refractivity contribution in [3.05, 3.63) is 70.9 Å². The van der Waals surface area contributed by atoms with Crippen LogP contribution in [0.15, 0.2) is 48.8 Å². The summed E-state index contributed by atoms with van der Waals surface area (Å²) in [5.74, 6) is -0.528. The number of rotatable bonds is 8. The number of aromatic nitrogens is 3. The maximum Gasteiger partial charge on any atom is 0.339 e. The summed E-state index contributed by atoms with van der Waals surface area (Å²) in [5.41, 5.74) is 3.15. The lowest BCUT2D eigenvalue weighted by atomic mass is 10.1. The minimum atomic E-state index is -1.05. The molecule has 170 valence electrons. The van der Waals surface area contributed by atoms with Gasteiger partial charge in [0.25, 0.3) is 0 Å². The van der Waals surface area contributed by atoms with Crippen LogP contribution in [0.4, 0.5) is 10.2 Å². The monoisotopic (exact) mass is 468 g/mol. The second-order valence-corrected chi connectivity index (χ2v) is 7.83. The SMILES string of the molecule is CCOc1cc(-c2cc(NCCn3c(C)cc4c(Cl)cc(F)cc43)ncn2)ccc1C(=O)O. The minimum Gasteiger partial charge on any atom is -0.493 e. The van der Waals surface area contributed by atoms with Gasteiger partial charge in [-0.3, -0.25) is 0 Å². The highest BCUT2D eigenvalue weighted by Gasteiger charge is 2.14. The van der Waals surface area contributed by atoms with Crippen LogP contribution in [-0.2, 0) is 6.54 Å². The normalized spacial score (nSPS) is 11.0. The predicted molar refractivity (Wildman–Crippen MR) is 126 cm³/mol. The molecule has 0 aliphatic carbocycles. The van der Waals surface area contributed by atoms with E-state index in [1.54, 1.807) is 25.1 Å². The smallest absolute Gasteiger partial charge is 0.339 e. The molecule has 2 heterocycles. The van der Waals surface area contributed by atoms with Gasteiger partial charge in [0.05, 0.1) is 22.8 Å². The minimum absolute atomic E-state index is 0.0962. The number of halogens is 2. The first-order valence-corrected chi connectivity index (χ1v) is 10.8. The molecule has 2 aromatic heterocycles. The van der Waals surface area contributed by atoms with Gasteiger partial charge in [0.1, 0.15) is 29.3 Å². The molecular weight excluding hydrogens is 447 g/mol. The Labute approximate surface area is 194 Å². The van der Waals surface area contributed by atoms with Crippen LogP contribution in [0.25, 0.3) is 22.2 Å². The number of carboxylic acids is 1. The van der Waals surface area contributed by atoms with E-state index < -0.39 is 5.97 Å². The van der Waals surface area contributed by atoms with Gasteiger partial charge in [-0.2, -0.15) is 0 Å². The highest BCUT2D eigenvalue weighted by atomic mass is 35.5. The first-order valence-electron chi connectivity index (χ1n) is 10.4. The largest absolute Gasteiger partial charge is 0.493 e. The molecule has 0 aliphatic rings. The average molecular weight is 469 g/mol. The Balaban J connectivity index is 1.52. The number of carboxylic acid groups (broad SMARTS) is 1. The molecule has 0 saturated carbocycles. The lowest BCUT2D eigenvalue weighted by Gasteiger charge is -2.12. The molecule has 0 amide bonds. The highest BCUT2D eigenvalue weighted by molar-refractivity contribution is 6.35. The van der Waals surface area contributed by atoms with Crippen LogP contribution < -0.4 is 10.1 Å². The molecule has 0 aliphatic heterocycles. The van der Waals surface area contributed by atoms with E-state index in [0.717, 1.165) is 16.6 Å². The molecule has 0 fully saturated rings. The third-order valence-corrected chi connectivity index (χ3v) is 5.57. The van der Waals surface area contributed by atoms with Crippen LogP contribution in [0.3, 0.4) is 0 Å². The molecule has 33 heavy (non-hydrogen) atoms. The van der Waals surface area contributed by atoms with Crippen LogP contribution in [0.2, 0.25) is 5.02 Å². The van der Waals surface area contributed by atoms with Gasteiger partial charge in [0.15, 0.2) is 0 Å². The summed E-state index contributed by atoms with van der Waals surface area (Å²) >= 11 is 6.18. The van der Waals surface area contributed by atoms with Crippen molar-refractivity contribution < 1.29 is 19.0 Å². The van der Waals surface area contributed by atoms with Crippen molar-refractivity contribution >= 4 is 34.3 Å². The van der Waals surface area contributed by atoms with Crippen LogP contribution in [0, 0.1) is 12.7 Å². The van der Waals surface area contributed by atoms with Gasteiger partial charge in [0.2, 0.25) is 0 Å². The van der Waals surface area contributed by atoms with E-state index in [-0.39, 0.29) is 17.1 Å². The molecule has 4 aromatic rings. The van der Waals surface area contributed by atoms with Gasteiger partial charge in [-0.05, 0) is 44.2 Å². The second kappa shape index (κ2) is 9.46. The van der Waals surface area contributed by atoms with Crippen molar-refractivity contribution in [2.24, 2.45) is 0 Å². The maximum atomic E-state index is 13.9. The summed E-state index contributed by atoms with van der Waals surface area (Å²) in [7, 11) is 0. The maximum absolute atomic E-state index is 13.9. The molecule has 0 saturated heterocycles. The molecule has 0 unspecified atom stereocenters. The zero-order valence-corrected chi connectivity index (χ0v) is 18.9. The number of benzene rings is 2. The molecule has 0 spiro atoms. The zero-order valence-electron chi connectivity index (χ0n) is 18.1. The second-order valence-electron chi connectivity index (χ2n) is 7.42.